The molecule has 3 atom stereocenters. The number of hydrogen-bond acceptors (Lipinski definition) is 2. The quantitative estimate of drug-likeness (QED) is 0.772. The first-order chi connectivity index (χ1) is 7.31. The van der Waals surface area contributed by atoms with E-state index in [1.807, 2.05) is 7.11 Å². The van der Waals surface area contributed by atoms with E-state index in [0.29, 0.717) is 18.2 Å². The van der Waals surface area contributed by atoms with Gasteiger partial charge in [0.1, 0.15) is 0 Å². The van der Waals surface area contributed by atoms with Crippen molar-refractivity contribution >= 4 is 0 Å². The fourth-order valence-corrected chi connectivity index (χ4v) is 3.33. The van der Waals surface area contributed by atoms with Gasteiger partial charge in [-0.25, -0.2) is 0 Å². The van der Waals surface area contributed by atoms with Crippen molar-refractivity contribution in [2.75, 3.05) is 7.11 Å². The highest BCUT2D eigenvalue weighted by Gasteiger charge is 2.30. The molecule has 2 heteroatoms. The Labute approximate surface area is 93.8 Å². The molecule has 2 fully saturated rings. The molecular formula is C13H25NO. The highest BCUT2D eigenvalue weighted by atomic mass is 16.5. The Hall–Kier alpha value is -0.0800. The zero-order valence-corrected chi connectivity index (χ0v) is 10.2. The van der Waals surface area contributed by atoms with E-state index >= 15 is 0 Å². The molecule has 2 aliphatic carbocycles. The molecule has 3 unspecified atom stereocenters. The lowest BCUT2D eigenvalue weighted by molar-refractivity contribution is 0.0790. The number of rotatable bonds is 4. The Morgan fingerprint density at radius 3 is 2.47 bits per heavy atom. The van der Waals surface area contributed by atoms with Crippen LogP contribution in [0.2, 0.25) is 0 Å². The minimum atomic E-state index is 0.467. The van der Waals surface area contributed by atoms with Gasteiger partial charge in [0, 0.05) is 19.2 Å². The van der Waals surface area contributed by atoms with Crippen LogP contribution in [0, 0.1) is 5.92 Å². The summed E-state index contributed by atoms with van der Waals surface area (Å²) in [4.78, 5) is 0. The second kappa shape index (κ2) is 5.31. The third-order valence-corrected chi connectivity index (χ3v) is 4.34. The highest BCUT2D eigenvalue weighted by molar-refractivity contribution is 4.88. The van der Waals surface area contributed by atoms with Gasteiger partial charge in [-0.05, 0) is 44.9 Å². The summed E-state index contributed by atoms with van der Waals surface area (Å²) in [7, 11) is 1.85. The first-order valence-electron chi connectivity index (χ1n) is 6.60. The van der Waals surface area contributed by atoms with Gasteiger partial charge in [0.15, 0.2) is 0 Å². The van der Waals surface area contributed by atoms with Crippen molar-refractivity contribution < 1.29 is 4.74 Å². The van der Waals surface area contributed by atoms with Crippen LogP contribution >= 0.6 is 0 Å². The first-order valence-corrected chi connectivity index (χ1v) is 6.60. The van der Waals surface area contributed by atoms with Gasteiger partial charge in [0.05, 0.1) is 6.10 Å². The molecule has 15 heavy (non-hydrogen) atoms. The first kappa shape index (κ1) is 11.4. The molecule has 2 rings (SSSR count). The van der Waals surface area contributed by atoms with Gasteiger partial charge in [-0.1, -0.05) is 12.8 Å². The Morgan fingerprint density at radius 1 is 1.07 bits per heavy atom. The van der Waals surface area contributed by atoms with E-state index < -0.39 is 0 Å². The molecule has 0 spiro atoms. The summed E-state index contributed by atoms with van der Waals surface area (Å²) in [5.74, 6) is 0.920. The van der Waals surface area contributed by atoms with Crippen LogP contribution < -0.4 is 5.32 Å². The standard InChI is InChI=1S/C13H25NO/c1-10(11-6-3-4-7-11)14-12-8-5-9-13(12)15-2/h10-14H,3-9H2,1-2H3. The molecule has 88 valence electrons. The van der Waals surface area contributed by atoms with Crippen molar-refractivity contribution in [1.82, 2.24) is 5.32 Å². The Kier molecular flexibility index (Phi) is 4.04. The lowest BCUT2D eigenvalue weighted by atomic mass is 9.98. The van der Waals surface area contributed by atoms with E-state index in [0.717, 1.165) is 5.92 Å². The highest BCUT2D eigenvalue weighted by Crippen LogP contribution is 2.29. The zero-order chi connectivity index (χ0) is 10.7. The fourth-order valence-electron chi connectivity index (χ4n) is 3.33. The second-order valence-electron chi connectivity index (χ2n) is 5.31. The maximum absolute atomic E-state index is 5.52. The van der Waals surface area contributed by atoms with Crippen LogP contribution in [0.4, 0.5) is 0 Å². The van der Waals surface area contributed by atoms with Gasteiger partial charge >= 0.3 is 0 Å². The van der Waals surface area contributed by atoms with Crippen LogP contribution in [0.15, 0.2) is 0 Å². The Morgan fingerprint density at radius 2 is 1.80 bits per heavy atom. The largest absolute Gasteiger partial charge is 0.380 e. The molecule has 0 saturated heterocycles. The van der Waals surface area contributed by atoms with Crippen molar-refractivity contribution in [3.63, 3.8) is 0 Å². The zero-order valence-electron chi connectivity index (χ0n) is 10.2. The van der Waals surface area contributed by atoms with E-state index in [4.69, 9.17) is 4.74 Å². The van der Waals surface area contributed by atoms with Crippen molar-refractivity contribution in [3.8, 4) is 0 Å². The van der Waals surface area contributed by atoms with E-state index in [9.17, 15) is 0 Å². The molecular weight excluding hydrogens is 186 g/mol. The topological polar surface area (TPSA) is 21.3 Å². The fraction of sp³-hybridized carbons (Fsp3) is 1.00. The predicted molar refractivity (Wildman–Crippen MR) is 63.0 cm³/mol. The second-order valence-corrected chi connectivity index (χ2v) is 5.31. The predicted octanol–water partition coefficient (Wildman–Crippen LogP) is 2.72. The normalized spacial score (nSPS) is 34.8. The third kappa shape index (κ3) is 2.73. The number of methoxy groups -OCH3 is 1. The summed E-state index contributed by atoms with van der Waals surface area (Å²) in [6.07, 6.45) is 10.1. The SMILES string of the molecule is COC1CCCC1NC(C)C1CCCC1. The molecule has 0 amide bonds. The molecule has 0 aliphatic heterocycles. The molecule has 0 radical (unpaired) electrons. The number of hydrogen-bond donors (Lipinski definition) is 1. The summed E-state index contributed by atoms with van der Waals surface area (Å²) in [5, 5.41) is 3.80. The van der Waals surface area contributed by atoms with Crippen LogP contribution in [0.1, 0.15) is 51.9 Å². The lowest BCUT2D eigenvalue weighted by Gasteiger charge is -2.27. The van der Waals surface area contributed by atoms with Gasteiger partial charge < -0.3 is 10.1 Å². The summed E-state index contributed by atoms with van der Waals surface area (Å²) < 4.78 is 5.52. The molecule has 1 N–H and O–H groups in total. The smallest absolute Gasteiger partial charge is 0.0724 e. The van der Waals surface area contributed by atoms with Gasteiger partial charge in [-0.15, -0.1) is 0 Å². The third-order valence-electron chi connectivity index (χ3n) is 4.34. The van der Waals surface area contributed by atoms with Gasteiger partial charge in [0.25, 0.3) is 0 Å². The maximum atomic E-state index is 5.52. The maximum Gasteiger partial charge on any atom is 0.0724 e. The van der Waals surface area contributed by atoms with Gasteiger partial charge in [-0.2, -0.15) is 0 Å². The monoisotopic (exact) mass is 211 g/mol. The van der Waals surface area contributed by atoms with Crippen molar-refractivity contribution in [2.45, 2.75) is 70.1 Å². The lowest BCUT2D eigenvalue weighted by Crippen LogP contribution is -2.44. The summed E-state index contributed by atoms with van der Waals surface area (Å²) in [6.45, 7) is 2.36. The van der Waals surface area contributed by atoms with E-state index in [-0.39, 0.29) is 0 Å². The molecule has 0 heterocycles. The van der Waals surface area contributed by atoms with Crippen LogP contribution in [0.5, 0.6) is 0 Å². The van der Waals surface area contributed by atoms with Gasteiger partial charge in [0.2, 0.25) is 0 Å². The summed E-state index contributed by atoms with van der Waals surface area (Å²) in [5.41, 5.74) is 0. The van der Waals surface area contributed by atoms with Crippen molar-refractivity contribution in [2.24, 2.45) is 5.92 Å². The summed E-state index contributed by atoms with van der Waals surface area (Å²) >= 11 is 0. The Balaban J connectivity index is 1.79. The molecule has 2 aliphatic rings. The summed E-state index contributed by atoms with van der Waals surface area (Å²) in [6, 6.07) is 1.30. The van der Waals surface area contributed by atoms with Crippen molar-refractivity contribution in [1.29, 1.82) is 0 Å². The van der Waals surface area contributed by atoms with Crippen LogP contribution in [-0.4, -0.2) is 25.3 Å². The van der Waals surface area contributed by atoms with Crippen LogP contribution in [0.3, 0.4) is 0 Å². The van der Waals surface area contributed by atoms with E-state index in [1.165, 1.54) is 44.9 Å². The van der Waals surface area contributed by atoms with Crippen LogP contribution in [0.25, 0.3) is 0 Å². The molecule has 0 aromatic carbocycles. The number of ether oxygens (including phenoxy) is 1. The van der Waals surface area contributed by atoms with Crippen LogP contribution in [-0.2, 0) is 4.74 Å². The molecule has 0 aromatic heterocycles. The average Bonchev–Trinajstić information content (AvgIpc) is 2.87. The molecule has 0 bridgehead atoms. The minimum absolute atomic E-state index is 0.467. The van der Waals surface area contributed by atoms with E-state index in [1.54, 1.807) is 0 Å². The molecule has 2 saturated carbocycles. The number of nitrogens with one attached hydrogen (secondary N) is 1. The Bertz CT molecular complexity index is 189. The van der Waals surface area contributed by atoms with E-state index in [2.05, 4.69) is 12.2 Å². The molecule has 2 nitrogen and oxygen atoms in total. The minimum Gasteiger partial charge on any atom is -0.380 e. The average molecular weight is 211 g/mol. The van der Waals surface area contributed by atoms with Gasteiger partial charge in [-0.3, -0.25) is 0 Å². The van der Waals surface area contributed by atoms with Crippen molar-refractivity contribution in [3.05, 3.63) is 0 Å². The molecule has 0 aromatic rings.